The van der Waals surface area contributed by atoms with Crippen LogP contribution >= 0.6 is 0 Å². The molecule has 6 rings (SSSR count). The average molecular weight is 492 g/mol. The number of pyridine rings is 1. The first-order valence-electron chi connectivity index (χ1n) is 11.2. The molecule has 4 heterocycles. The van der Waals surface area contributed by atoms with Crippen LogP contribution in [0.15, 0.2) is 54.9 Å². The van der Waals surface area contributed by atoms with Crippen molar-refractivity contribution >= 4 is 27.8 Å². The van der Waals surface area contributed by atoms with Gasteiger partial charge in [0.1, 0.15) is 17.9 Å². The molecule has 0 fully saturated rings. The molecule has 0 bridgehead atoms. The molecule has 0 spiro atoms. The van der Waals surface area contributed by atoms with Crippen molar-refractivity contribution < 1.29 is 22.7 Å². The number of hydrogen-bond donors (Lipinski definition) is 1. The van der Waals surface area contributed by atoms with E-state index in [0.717, 1.165) is 34.2 Å². The maximum absolute atomic E-state index is 13.3. The van der Waals surface area contributed by atoms with Crippen molar-refractivity contribution in [1.82, 2.24) is 29.9 Å². The number of halogens is 3. The molecule has 0 saturated carbocycles. The first-order chi connectivity index (χ1) is 17.2. The molecule has 36 heavy (non-hydrogen) atoms. The number of fused-ring (bicyclic) bond motifs is 4. The van der Waals surface area contributed by atoms with E-state index in [4.69, 9.17) is 4.74 Å². The maximum atomic E-state index is 13.3. The van der Waals surface area contributed by atoms with Crippen molar-refractivity contribution in [2.45, 2.75) is 26.2 Å². The minimum absolute atomic E-state index is 0.0457. The summed E-state index contributed by atoms with van der Waals surface area (Å²) in [7, 11) is 0. The molecule has 1 aliphatic heterocycles. The Hall–Kier alpha value is -4.41. The molecule has 182 valence electrons. The molecule has 11 heteroatoms. The Morgan fingerprint density at radius 2 is 1.92 bits per heavy atom. The summed E-state index contributed by atoms with van der Waals surface area (Å²) >= 11 is 0. The number of aromatic nitrogens is 5. The van der Waals surface area contributed by atoms with Gasteiger partial charge in [0.2, 0.25) is 0 Å². The summed E-state index contributed by atoms with van der Waals surface area (Å²) in [6, 6.07) is 11.9. The van der Waals surface area contributed by atoms with Gasteiger partial charge < -0.3 is 10.1 Å². The SMILES string of the molecule is Cc1nn(C(=O)N[C@@H]2COc3cc(-c4cnn(C(F)(F)F)c4)ccc32)c2c(C)nc3ccccc3c12. The maximum Gasteiger partial charge on any atom is 0.504 e. The van der Waals surface area contributed by atoms with Crippen LogP contribution in [0.25, 0.3) is 32.9 Å². The van der Waals surface area contributed by atoms with E-state index in [2.05, 4.69) is 20.5 Å². The normalized spacial score (nSPS) is 15.3. The largest absolute Gasteiger partial charge is 0.504 e. The minimum Gasteiger partial charge on any atom is -0.491 e. The van der Waals surface area contributed by atoms with Gasteiger partial charge in [-0.1, -0.05) is 30.3 Å². The lowest BCUT2D eigenvalue weighted by Crippen LogP contribution is -2.34. The fourth-order valence-corrected chi connectivity index (χ4v) is 4.68. The molecule has 2 aromatic carbocycles. The Morgan fingerprint density at radius 1 is 1.11 bits per heavy atom. The highest BCUT2D eigenvalue weighted by Gasteiger charge is 2.32. The molecule has 5 aromatic rings. The van der Waals surface area contributed by atoms with E-state index in [1.54, 1.807) is 18.2 Å². The fraction of sp³-hybridized carbons (Fsp3) is 0.200. The predicted molar refractivity (Wildman–Crippen MR) is 126 cm³/mol. The van der Waals surface area contributed by atoms with Gasteiger partial charge >= 0.3 is 12.3 Å². The van der Waals surface area contributed by atoms with Crippen LogP contribution in [0.1, 0.15) is 23.0 Å². The summed E-state index contributed by atoms with van der Waals surface area (Å²) in [5, 5.41) is 12.6. The Bertz CT molecular complexity index is 1670. The second-order valence-corrected chi connectivity index (χ2v) is 8.64. The van der Waals surface area contributed by atoms with Crippen LogP contribution in [-0.4, -0.2) is 37.2 Å². The van der Waals surface area contributed by atoms with Crippen molar-refractivity contribution in [2.24, 2.45) is 0 Å². The van der Waals surface area contributed by atoms with Crippen molar-refractivity contribution in [2.75, 3.05) is 6.61 Å². The van der Waals surface area contributed by atoms with Crippen molar-refractivity contribution in [1.29, 1.82) is 0 Å². The molecule has 1 N–H and O–H groups in total. The third kappa shape index (κ3) is 3.46. The molecule has 0 unspecified atom stereocenters. The molecule has 1 atom stereocenters. The highest BCUT2D eigenvalue weighted by atomic mass is 19.4. The molecule has 0 radical (unpaired) electrons. The smallest absolute Gasteiger partial charge is 0.491 e. The lowest BCUT2D eigenvalue weighted by molar-refractivity contribution is -0.212. The zero-order valence-electron chi connectivity index (χ0n) is 19.2. The number of nitrogens with one attached hydrogen (secondary N) is 1. The van der Waals surface area contributed by atoms with Gasteiger partial charge in [0.25, 0.3) is 0 Å². The van der Waals surface area contributed by atoms with E-state index >= 15 is 0 Å². The summed E-state index contributed by atoms with van der Waals surface area (Å²) in [4.78, 5) is 17.9. The summed E-state index contributed by atoms with van der Waals surface area (Å²) in [5.41, 5.74) is 4.43. The molecular weight excluding hydrogens is 473 g/mol. The van der Waals surface area contributed by atoms with E-state index in [9.17, 15) is 18.0 Å². The van der Waals surface area contributed by atoms with Gasteiger partial charge in [0.15, 0.2) is 0 Å². The van der Waals surface area contributed by atoms with Gasteiger partial charge in [0.05, 0.1) is 29.1 Å². The summed E-state index contributed by atoms with van der Waals surface area (Å²) in [5.74, 6) is 0.489. The van der Waals surface area contributed by atoms with Gasteiger partial charge in [-0.25, -0.2) is 4.79 Å². The van der Waals surface area contributed by atoms with E-state index in [-0.39, 0.29) is 11.3 Å². The van der Waals surface area contributed by atoms with Crippen molar-refractivity contribution in [3.8, 4) is 16.9 Å². The zero-order chi connectivity index (χ0) is 25.2. The molecule has 8 nitrogen and oxygen atoms in total. The van der Waals surface area contributed by atoms with E-state index in [0.29, 0.717) is 33.8 Å². The molecule has 1 amide bonds. The predicted octanol–water partition coefficient (Wildman–Crippen LogP) is 5.23. The van der Waals surface area contributed by atoms with E-state index in [1.807, 2.05) is 38.1 Å². The summed E-state index contributed by atoms with van der Waals surface area (Å²) in [6.07, 6.45) is -2.52. The van der Waals surface area contributed by atoms with Crippen LogP contribution in [0.3, 0.4) is 0 Å². The van der Waals surface area contributed by atoms with E-state index < -0.39 is 18.4 Å². The number of nitrogens with zero attached hydrogens (tertiary/aromatic N) is 5. The highest BCUT2D eigenvalue weighted by molar-refractivity contribution is 6.08. The van der Waals surface area contributed by atoms with Gasteiger partial charge in [-0.15, -0.1) is 13.2 Å². The number of carbonyl (C=O) groups is 1. The number of amides is 1. The second kappa shape index (κ2) is 7.80. The van der Waals surface area contributed by atoms with Gasteiger partial charge in [-0.3, -0.25) is 4.98 Å². The Kier molecular flexibility index (Phi) is 4.79. The van der Waals surface area contributed by atoms with Crippen LogP contribution in [0, 0.1) is 13.8 Å². The number of carbonyl (C=O) groups excluding carboxylic acids is 1. The average Bonchev–Trinajstić information content (AvgIpc) is 3.57. The Labute approximate surface area is 202 Å². The number of alkyl halides is 3. The summed E-state index contributed by atoms with van der Waals surface area (Å²) < 4.78 is 45.7. The van der Waals surface area contributed by atoms with Gasteiger partial charge in [0, 0.05) is 28.1 Å². The topological polar surface area (TPSA) is 86.9 Å². The number of aryl methyl sites for hydroxylation is 2. The molecule has 0 aliphatic carbocycles. The number of hydrogen-bond acceptors (Lipinski definition) is 5. The third-order valence-corrected chi connectivity index (χ3v) is 6.32. The lowest BCUT2D eigenvalue weighted by atomic mass is 10.0. The second-order valence-electron chi connectivity index (χ2n) is 8.64. The highest BCUT2D eigenvalue weighted by Crippen LogP contribution is 2.37. The quantitative estimate of drug-likeness (QED) is 0.365. The van der Waals surface area contributed by atoms with Crippen LogP contribution in [0.4, 0.5) is 18.0 Å². The lowest BCUT2D eigenvalue weighted by Gasteiger charge is -2.13. The molecule has 3 aromatic heterocycles. The van der Waals surface area contributed by atoms with Gasteiger partial charge in [-0.2, -0.15) is 19.6 Å². The first kappa shape index (κ1) is 22.1. The number of ether oxygens (including phenoxy) is 1. The van der Waals surface area contributed by atoms with Crippen LogP contribution < -0.4 is 10.1 Å². The van der Waals surface area contributed by atoms with Crippen LogP contribution in [-0.2, 0) is 6.30 Å². The third-order valence-electron chi connectivity index (χ3n) is 6.32. The summed E-state index contributed by atoms with van der Waals surface area (Å²) in [6.45, 7) is 3.88. The van der Waals surface area contributed by atoms with Crippen LogP contribution in [0.5, 0.6) is 5.75 Å². The molecule has 1 aliphatic rings. The minimum atomic E-state index is -4.59. The fourth-order valence-electron chi connectivity index (χ4n) is 4.68. The standard InChI is InChI=1S/C25H19F3N6O2/c1-13-22-18-5-3-4-6-19(18)30-14(2)23(22)34(32-13)24(35)31-20-12-36-21-9-15(7-8-17(20)21)16-10-29-33(11-16)25(26,27)28/h3-11,20H,12H2,1-2H3,(H,31,35)/t20-/m1/s1. The van der Waals surface area contributed by atoms with Crippen molar-refractivity contribution in [3.63, 3.8) is 0 Å². The Morgan fingerprint density at radius 3 is 2.69 bits per heavy atom. The first-order valence-corrected chi connectivity index (χ1v) is 11.2. The number of para-hydroxylation sites is 1. The number of rotatable bonds is 2. The Balaban J connectivity index is 1.30. The van der Waals surface area contributed by atoms with Crippen molar-refractivity contribution in [3.05, 3.63) is 71.8 Å². The monoisotopic (exact) mass is 492 g/mol. The van der Waals surface area contributed by atoms with Crippen LogP contribution in [0.2, 0.25) is 0 Å². The molecule has 0 saturated heterocycles. The molecular formula is C25H19F3N6O2. The van der Waals surface area contributed by atoms with E-state index in [1.165, 1.54) is 4.68 Å². The number of benzene rings is 2. The van der Waals surface area contributed by atoms with Gasteiger partial charge in [-0.05, 0) is 31.5 Å². The zero-order valence-corrected chi connectivity index (χ0v) is 19.2.